The van der Waals surface area contributed by atoms with Gasteiger partial charge in [0.1, 0.15) is 5.75 Å². The molecule has 0 radical (unpaired) electrons. The molecule has 0 heterocycles. The van der Waals surface area contributed by atoms with Crippen molar-refractivity contribution >= 4 is 5.91 Å². The predicted octanol–water partition coefficient (Wildman–Crippen LogP) is 0.947. The summed E-state index contributed by atoms with van der Waals surface area (Å²) in [4.78, 5) is 12.1. The first-order valence-corrected chi connectivity index (χ1v) is 6.96. The lowest BCUT2D eigenvalue weighted by Crippen LogP contribution is -2.33. The summed E-state index contributed by atoms with van der Waals surface area (Å²) in [5.41, 5.74) is 0.565. The van der Waals surface area contributed by atoms with Crippen molar-refractivity contribution in [1.82, 2.24) is 5.32 Å². The van der Waals surface area contributed by atoms with Crippen molar-refractivity contribution in [3.63, 3.8) is 0 Å². The second-order valence-electron chi connectivity index (χ2n) is 5.11. The van der Waals surface area contributed by atoms with Crippen molar-refractivity contribution in [2.24, 2.45) is 5.92 Å². The molecule has 1 aromatic rings. The number of aliphatic hydroxyl groups is 2. The second-order valence-corrected chi connectivity index (χ2v) is 5.11. The van der Waals surface area contributed by atoms with Crippen LogP contribution in [0.25, 0.3) is 0 Å². The zero-order valence-corrected chi connectivity index (χ0v) is 11.6. The highest BCUT2D eigenvalue weighted by molar-refractivity contribution is 5.94. The van der Waals surface area contributed by atoms with Gasteiger partial charge in [0.25, 0.3) is 5.91 Å². The van der Waals surface area contributed by atoms with Gasteiger partial charge in [0.2, 0.25) is 0 Å². The molecule has 0 aromatic heterocycles. The number of nitrogens with one attached hydrogen (secondary N) is 1. The number of amides is 1. The topological polar surface area (TPSA) is 78.8 Å². The molecule has 1 aliphatic rings. The summed E-state index contributed by atoms with van der Waals surface area (Å²) in [7, 11) is 0. The lowest BCUT2D eigenvalue weighted by Gasteiger charge is -2.12. The van der Waals surface area contributed by atoms with Gasteiger partial charge in [-0.1, -0.05) is 0 Å². The summed E-state index contributed by atoms with van der Waals surface area (Å²) >= 11 is 0. The van der Waals surface area contributed by atoms with Gasteiger partial charge in [0.15, 0.2) is 0 Å². The Balaban J connectivity index is 1.92. The van der Waals surface area contributed by atoms with E-state index in [1.54, 1.807) is 24.3 Å². The molecule has 110 valence electrons. The maximum Gasteiger partial charge on any atom is 0.251 e. The SMILES string of the molecule is CCOc1ccc(C(=O)N[C@H]2C[C@@H](CO)[C@H](O)C2)cc1. The molecule has 1 aromatic carbocycles. The highest BCUT2D eigenvalue weighted by Gasteiger charge is 2.33. The quantitative estimate of drug-likeness (QED) is 0.749. The molecule has 0 spiro atoms. The minimum Gasteiger partial charge on any atom is -0.494 e. The Hall–Kier alpha value is -1.59. The Kier molecular flexibility index (Phi) is 4.98. The Morgan fingerprint density at radius 2 is 2.05 bits per heavy atom. The van der Waals surface area contributed by atoms with Crippen LogP contribution in [0.2, 0.25) is 0 Å². The normalized spacial score (nSPS) is 25.4. The lowest BCUT2D eigenvalue weighted by molar-refractivity contribution is 0.0903. The van der Waals surface area contributed by atoms with Crippen molar-refractivity contribution in [3.8, 4) is 5.75 Å². The lowest BCUT2D eigenvalue weighted by atomic mass is 10.1. The van der Waals surface area contributed by atoms with Crippen LogP contribution in [-0.4, -0.2) is 41.5 Å². The predicted molar refractivity (Wildman–Crippen MR) is 74.7 cm³/mol. The molecule has 0 bridgehead atoms. The van der Waals surface area contributed by atoms with Gasteiger partial charge in [0.05, 0.1) is 12.7 Å². The number of carbonyl (C=O) groups excluding carboxylic acids is 1. The fraction of sp³-hybridized carbons (Fsp3) is 0.533. The van der Waals surface area contributed by atoms with Gasteiger partial charge in [-0.3, -0.25) is 4.79 Å². The highest BCUT2D eigenvalue weighted by Crippen LogP contribution is 2.26. The fourth-order valence-corrected chi connectivity index (χ4v) is 2.55. The average molecular weight is 279 g/mol. The van der Waals surface area contributed by atoms with Gasteiger partial charge >= 0.3 is 0 Å². The first-order chi connectivity index (χ1) is 9.63. The highest BCUT2D eigenvalue weighted by atomic mass is 16.5. The summed E-state index contributed by atoms with van der Waals surface area (Å²) in [5.74, 6) is 0.435. The van der Waals surface area contributed by atoms with Crippen LogP contribution in [0.15, 0.2) is 24.3 Å². The fourth-order valence-electron chi connectivity index (χ4n) is 2.55. The number of ether oxygens (including phenoxy) is 1. The summed E-state index contributed by atoms with van der Waals surface area (Å²) in [5, 5.41) is 21.7. The molecule has 0 saturated heterocycles. The van der Waals surface area contributed by atoms with Gasteiger partial charge in [-0.15, -0.1) is 0 Å². The van der Waals surface area contributed by atoms with Crippen LogP contribution < -0.4 is 10.1 Å². The molecule has 1 amide bonds. The zero-order chi connectivity index (χ0) is 14.5. The number of carbonyl (C=O) groups is 1. The number of hydrogen-bond acceptors (Lipinski definition) is 4. The average Bonchev–Trinajstić information content (AvgIpc) is 2.80. The van der Waals surface area contributed by atoms with E-state index in [1.807, 2.05) is 6.92 Å². The van der Waals surface area contributed by atoms with Crippen LogP contribution in [0.1, 0.15) is 30.1 Å². The number of benzene rings is 1. The van der Waals surface area contributed by atoms with Crippen molar-refractivity contribution in [3.05, 3.63) is 29.8 Å². The molecule has 5 heteroatoms. The molecule has 1 saturated carbocycles. The largest absolute Gasteiger partial charge is 0.494 e. The third kappa shape index (κ3) is 3.49. The molecule has 1 fully saturated rings. The van der Waals surface area contributed by atoms with Crippen LogP contribution in [0.5, 0.6) is 5.75 Å². The molecule has 0 unspecified atom stereocenters. The van der Waals surface area contributed by atoms with Crippen LogP contribution in [0, 0.1) is 5.92 Å². The maximum absolute atomic E-state index is 12.1. The van der Waals surface area contributed by atoms with E-state index in [-0.39, 0.29) is 24.5 Å². The van der Waals surface area contributed by atoms with E-state index in [4.69, 9.17) is 9.84 Å². The van der Waals surface area contributed by atoms with Crippen LogP contribution in [0.3, 0.4) is 0 Å². The van der Waals surface area contributed by atoms with Crippen LogP contribution in [0.4, 0.5) is 0 Å². The number of aliphatic hydroxyl groups excluding tert-OH is 2. The van der Waals surface area contributed by atoms with E-state index in [9.17, 15) is 9.90 Å². The van der Waals surface area contributed by atoms with E-state index < -0.39 is 6.10 Å². The zero-order valence-electron chi connectivity index (χ0n) is 11.6. The molecule has 5 nitrogen and oxygen atoms in total. The molecular weight excluding hydrogens is 258 g/mol. The maximum atomic E-state index is 12.1. The Bertz CT molecular complexity index is 446. The van der Waals surface area contributed by atoms with Crippen molar-refractivity contribution in [2.75, 3.05) is 13.2 Å². The molecule has 3 atom stereocenters. The van der Waals surface area contributed by atoms with E-state index in [0.717, 1.165) is 5.75 Å². The minimum atomic E-state index is -0.536. The molecular formula is C15H21NO4. The molecule has 20 heavy (non-hydrogen) atoms. The van der Waals surface area contributed by atoms with Gasteiger partial charge in [-0.05, 0) is 44.0 Å². The van der Waals surface area contributed by atoms with Gasteiger partial charge in [0, 0.05) is 24.1 Å². The molecule has 3 N–H and O–H groups in total. The molecule has 0 aliphatic heterocycles. The third-order valence-corrected chi connectivity index (χ3v) is 3.65. The smallest absolute Gasteiger partial charge is 0.251 e. The van der Waals surface area contributed by atoms with Crippen LogP contribution in [-0.2, 0) is 0 Å². The Morgan fingerprint density at radius 1 is 1.35 bits per heavy atom. The Labute approximate surface area is 118 Å². The van der Waals surface area contributed by atoms with Crippen LogP contribution >= 0.6 is 0 Å². The van der Waals surface area contributed by atoms with Gasteiger partial charge in [-0.25, -0.2) is 0 Å². The van der Waals surface area contributed by atoms with Gasteiger partial charge < -0.3 is 20.3 Å². The van der Waals surface area contributed by atoms with E-state index in [1.165, 1.54) is 0 Å². The number of rotatable bonds is 5. The van der Waals surface area contributed by atoms with Gasteiger partial charge in [-0.2, -0.15) is 0 Å². The van der Waals surface area contributed by atoms with Crippen molar-refractivity contribution in [2.45, 2.75) is 31.9 Å². The molecule has 2 rings (SSSR count). The number of hydrogen-bond donors (Lipinski definition) is 3. The second kappa shape index (κ2) is 6.72. The summed E-state index contributed by atoms with van der Waals surface area (Å²) in [6, 6.07) is 6.88. The Morgan fingerprint density at radius 3 is 2.60 bits per heavy atom. The summed E-state index contributed by atoms with van der Waals surface area (Å²) in [6.07, 6.45) is 0.569. The van der Waals surface area contributed by atoms with Crippen molar-refractivity contribution < 1.29 is 19.7 Å². The molecule has 1 aliphatic carbocycles. The first-order valence-electron chi connectivity index (χ1n) is 6.96. The minimum absolute atomic E-state index is 0.0450. The van der Waals surface area contributed by atoms with Crippen molar-refractivity contribution in [1.29, 1.82) is 0 Å². The first kappa shape index (κ1) is 14.8. The van der Waals surface area contributed by atoms with E-state index >= 15 is 0 Å². The summed E-state index contributed by atoms with van der Waals surface area (Å²) in [6.45, 7) is 2.45. The third-order valence-electron chi connectivity index (χ3n) is 3.65. The standard InChI is InChI=1S/C15H21NO4/c1-2-20-13-5-3-10(4-6-13)15(19)16-12-7-11(9-17)14(18)8-12/h3-6,11-12,14,17-18H,2,7-9H2,1H3,(H,16,19)/t11-,12-,14+/m0/s1. The summed E-state index contributed by atoms with van der Waals surface area (Å²) < 4.78 is 5.32. The van der Waals surface area contributed by atoms with E-state index in [0.29, 0.717) is 25.0 Å². The van der Waals surface area contributed by atoms with E-state index in [2.05, 4.69) is 5.32 Å². The monoisotopic (exact) mass is 279 g/mol.